The molecule has 0 aliphatic rings. The predicted octanol–water partition coefficient (Wildman–Crippen LogP) is 2.38. The molecule has 0 aliphatic carbocycles. The molecule has 1 aromatic rings. The second-order valence-electron chi connectivity index (χ2n) is 4.45. The van der Waals surface area contributed by atoms with Crippen LogP contribution in [0.3, 0.4) is 0 Å². The molecule has 0 aromatic carbocycles. The van der Waals surface area contributed by atoms with E-state index in [4.69, 9.17) is 15.2 Å². The van der Waals surface area contributed by atoms with E-state index in [1.165, 1.54) is 6.33 Å². The Morgan fingerprint density at radius 2 is 2.00 bits per heavy atom. The smallest absolute Gasteiger partial charge is 0.222 e. The number of hydrogen-bond acceptors (Lipinski definition) is 5. The van der Waals surface area contributed by atoms with Crippen molar-refractivity contribution in [2.24, 2.45) is 0 Å². The van der Waals surface area contributed by atoms with Gasteiger partial charge in [-0.2, -0.15) is 0 Å². The highest BCUT2D eigenvalue weighted by molar-refractivity contribution is 5.46. The minimum Gasteiger partial charge on any atom is -0.475 e. The van der Waals surface area contributed by atoms with Crippen LogP contribution in [0.15, 0.2) is 6.33 Å². The molecule has 1 heterocycles. The fourth-order valence-electron chi connectivity index (χ4n) is 1.60. The minimum absolute atomic E-state index is 0.238. The Labute approximate surface area is 109 Å². The van der Waals surface area contributed by atoms with Crippen molar-refractivity contribution < 1.29 is 9.47 Å². The third-order valence-corrected chi connectivity index (χ3v) is 2.56. The summed E-state index contributed by atoms with van der Waals surface area (Å²) in [5.41, 5.74) is 6.70. The van der Waals surface area contributed by atoms with E-state index in [2.05, 4.69) is 16.9 Å². The van der Waals surface area contributed by atoms with Gasteiger partial charge >= 0.3 is 0 Å². The summed E-state index contributed by atoms with van der Waals surface area (Å²) >= 11 is 0. The molecule has 0 atom stereocenters. The van der Waals surface area contributed by atoms with Crippen molar-refractivity contribution in [3.05, 3.63) is 11.9 Å². The van der Waals surface area contributed by atoms with E-state index in [1.807, 2.05) is 13.8 Å². The number of unbranched alkanes of at least 4 members (excludes halogenated alkanes) is 1. The van der Waals surface area contributed by atoms with Gasteiger partial charge in [0.1, 0.15) is 18.8 Å². The van der Waals surface area contributed by atoms with Crippen molar-refractivity contribution >= 4 is 5.82 Å². The van der Waals surface area contributed by atoms with Crippen LogP contribution in [0.2, 0.25) is 0 Å². The average molecular weight is 253 g/mol. The van der Waals surface area contributed by atoms with Crippen molar-refractivity contribution in [2.45, 2.75) is 39.5 Å². The van der Waals surface area contributed by atoms with E-state index in [0.717, 1.165) is 25.0 Å². The molecule has 0 saturated heterocycles. The van der Waals surface area contributed by atoms with Crippen molar-refractivity contribution in [3.63, 3.8) is 0 Å². The highest BCUT2D eigenvalue weighted by Crippen LogP contribution is 2.27. The molecule has 1 aromatic heterocycles. The van der Waals surface area contributed by atoms with Gasteiger partial charge in [0, 0.05) is 6.61 Å². The first kappa shape index (κ1) is 14.7. The maximum absolute atomic E-state index is 5.83. The Hall–Kier alpha value is -1.36. The lowest BCUT2D eigenvalue weighted by molar-refractivity contribution is 0.0960. The summed E-state index contributed by atoms with van der Waals surface area (Å²) in [6, 6.07) is 0. The largest absolute Gasteiger partial charge is 0.475 e. The van der Waals surface area contributed by atoms with Gasteiger partial charge in [-0.25, -0.2) is 9.97 Å². The Morgan fingerprint density at radius 1 is 1.22 bits per heavy atom. The molecule has 0 amide bonds. The third kappa shape index (κ3) is 4.49. The van der Waals surface area contributed by atoms with Gasteiger partial charge in [0.15, 0.2) is 0 Å². The number of nitrogens with zero attached hydrogens (tertiary/aromatic N) is 2. The zero-order chi connectivity index (χ0) is 13.4. The third-order valence-electron chi connectivity index (χ3n) is 2.56. The minimum atomic E-state index is 0.238. The Morgan fingerprint density at radius 3 is 2.67 bits per heavy atom. The van der Waals surface area contributed by atoms with Crippen LogP contribution >= 0.6 is 0 Å². The van der Waals surface area contributed by atoms with E-state index in [-0.39, 0.29) is 5.92 Å². The number of nitrogen functional groups attached to an aromatic ring is 1. The molecule has 18 heavy (non-hydrogen) atoms. The highest BCUT2D eigenvalue weighted by atomic mass is 16.5. The summed E-state index contributed by atoms with van der Waals surface area (Å²) in [6.07, 6.45) is 3.65. The van der Waals surface area contributed by atoms with E-state index >= 15 is 0 Å². The molecular formula is C13H23N3O2. The fraction of sp³-hybridized carbons (Fsp3) is 0.692. The number of ether oxygens (including phenoxy) is 2. The first-order chi connectivity index (χ1) is 8.66. The van der Waals surface area contributed by atoms with E-state index in [9.17, 15) is 0 Å². The van der Waals surface area contributed by atoms with Crippen LogP contribution in [0.25, 0.3) is 0 Å². The molecule has 5 heteroatoms. The van der Waals surface area contributed by atoms with Crippen LogP contribution in [-0.2, 0) is 4.74 Å². The molecule has 0 aliphatic heterocycles. The van der Waals surface area contributed by atoms with Crippen molar-refractivity contribution in [1.29, 1.82) is 0 Å². The lowest BCUT2D eigenvalue weighted by atomic mass is 10.1. The zero-order valence-electron chi connectivity index (χ0n) is 11.5. The van der Waals surface area contributed by atoms with Gasteiger partial charge in [0.05, 0.1) is 12.2 Å². The van der Waals surface area contributed by atoms with Crippen molar-refractivity contribution in [2.75, 3.05) is 25.6 Å². The number of hydrogen-bond donors (Lipinski definition) is 1. The summed E-state index contributed by atoms with van der Waals surface area (Å²) in [7, 11) is 0. The van der Waals surface area contributed by atoms with Gasteiger partial charge in [-0.3, -0.25) is 0 Å². The van der Waals surface area contributed by atoms with Crippen LogP contribution in [0, 0.1) is 0 Å². The van der Waals surface area contributed by atoms with E-state index in [0.29, 0.717) is 24.9 Å². The molecule has 0 spiro atoms. The molecule has 102 valence electrons. The van der Waals surface area contributed by atoms with Crippen LogP contribution in [-0.4, -0.2) is 29.8 Å². The first-order valence-electron chi connectivity index (χ1n) is 6.47. The summed E-state index contributed by atoms with van der Waals surface area (Å²) in [6.45, 7) is 8.06. The summed E-state index contributed by atoms with van der Waals surface area (Å²) in [5, 5.41) is 0. The quantitative estimate of drug-likeness (QED) is 0.720. The monoisotopic (exact) mass is 253 g/mol. The van der Waals surface area contributed by atoms with Crippen molar-refractivity contribution in [3.8, 4) is 5.88 Å². The van der Waals surface area contributed by atoms with Gasteiger partial charge < -0.3 is 15.2 Å². The van der Waals surface area contributed by atoms with E-state index < -0.39 is 0 Å². The molecule has 0 fully saturated rings. The van der Waals surface area contributed by atoms with Gasteiger partial charge in [0.25, 0.3) is 0 Å². The maximum Gasteiger partial charge on any atom is 0.222 e. The molecule has 0 unspecified atom stereocenters. The second kappa shape index (κ2) is 7.87. The Kier molecular flexibility index (Phi) is 6.43. The summed E-state index contributed by atoms with van der Waals surface area (Å²) < 4.78 is 11.0. The SMILES string of the molecule is CCCCOCCOc1ncnc(N)c1C(C)C. The first-order valence-corrected chi connectivity index (χ1v) is 6.47. The summed E-state index contributed by atoms with van der Waals surface area (Å²) in [4.78, 5) is 8.11. The zero-order valence-corrected chi connectivity index (χ0v) is 11.5. The molecular weight excluding hydrogens is 230 g/mol. The second-order valence-corrected chi connectivity index (χ2v) is 4.45. The normalized spacial score (nSPS) is 10.9. The lowest BCUT2D eigenvalue weighted by Gasteiger charge is -2.14. The molecule has 0 radical (unpaired) electrons. The van der Waals surface area contributed by atoms with Crippen LogP contribution in [0.5, 0.6) is 5.88 Å². The average Bonchev–Trinajstić information content (AvgIpc) is 2.33. The molecule has 0 saturated carbocycles. The Balaban J connectivity index is 2.44. The van der Waals surface area contributed by atoms with Gasteiger partial charge in [-0.05, 0) is 12.3 Å². The van der Waals surface area contributed by atoms with Crippen LogP contribution < -0.4 is 10.5 Å². The van der Waals surface area contributed by atoms with Gasteiger partial charge in [-0.1, -0.05) is 27.2 Å². The van der Waals surface area contributed by atoms with Gasteiger partial charge in [-0.15, -0.1) is 0 Å². The maximum atomic E-state index is 5.83. The number of nitrogens with two attached hydrogens (primary N) is 1. The molecule has 2 N–H and O–H groups in total. The van der Waals surface area contributed by atoms with Crippen LogP contribution in [0.4, 0.5) is 5.82 Å². The number of aromatic nitrogens is 2. The topological polar surface area (TPSA) is 70.3 Å². The van der Waals surface area contributed by atoms with Crippen LogP contribution in [0.1, 0.15) is 45.1 Å². The molecule has 1 rings (SSSR count). The molecule has 5 nitrogen and oxygen atoms in total. The lowest BCUT2D eigenvalue weighted by Crippen LogP contribution is -2.11. The van der Waals surface area contributed by atoms with E-state index in [1.54, 1.807) is 0 Å². The standard InChI is InChI=1S/C13H23N3O2/c1-4-5-6-17-7-8-18-13-11(10(2)3)12(14)15-9-16-13/h9-10H,4-8H2,1-3H3,(H2,14,15,16). The predicted molar refractivity (Wildman–Crippen MR) is 71.8 cm³/mol. The molecule has 0 bridgehead atoms. The number of rotatable bonds is 8. The van der Waals surface area contributed by atoms with Crippen molar-refractivity contribution in [1.82, 2.24) is 9.97 Å². The number of anilines is 1. The highest BCUT2D eigenvalue weighted by Gasteiger charge is 2.13. The Bertz CT molecular complexity index is 356. The van der Waals surface area contributed by atoms with Gasteiger partial charge in [0.2, 0.25) is 5.88 Å². The summed E-state index contributed by atoms with van der Waals surface area (Å²) in [5.74, 6) is 1.29. The fourth-order valence-corrected chi connectivity index (χ4v) is 1.60.